The van der Waals surface area contributed by atoms with E-state index in [0.717, 1.165) is 12.1 Å². The topological polar surface area (TPSA) is 29.5 Å². The third kappa shape index (κ3) is 2.50. The maximum atomic E-state index is 13.4. The molecule has 1 unspecified atom stereocenters. The Morgan fingerprint density at radius 1 is 1.41 bits per heavy atom. The van der Waals surface area contributed by atoms with Gasteiger partial charge < -0.3 is 9.64 Å². The molecule has 1 fully saturated rings. The number of hydrogen-bond acceptors (Lipinski definition) is 3. The Morgan fingerprint density at radius 2 is 2.06 bits per heavy atom. The molecule has 0 spiro atoms. The second-order valence-electron chi connectivity index (χ2n) is 4.08. The molecular formula is C12H13F2NO2. The first-order chi connectivity index (χ1) is 8.09. The first kappa shape index (κ1) is 12.1. The van der Waals surface area contributed by atoms with Gasteiger partial charge in [0, 0.05) is 13.1 Å². The van der Waals surface area contributed by atoms with Crippen LogP contribution in [-0.2, 0) is 4.74 Å². The molecular weight excluding hydrogens is 228 g/mol. The lowest BCUT2D eigenvalue weighted by Crippen LogP contribution is -2.44. The van der Waals surface area contributed by atoms with Crippen LogP contribution in [0.5, 0.6) is 0 Å². The van der Waals surface area contributed by atoms with Gasteiger partial charge in [0.1, 0.15) is 17.7 Å². The fourth-order valence-corrected chi connectivity index (χ4v) is 1.83. The number of rotatable bonds is 2. The number of likely N-dealkylation sites (N-methyl/N-ethyl adjacent to an activating group) is 1. The molecule has 3 nitrogen and oxygen atoms in total. The standard InChI is InChI=1S/C12H13F2NO2/c1-15-5-6-17-10(7-15)12(16)11-8(13)3-2-4-9(11)14/h2-4,10H,5-7H2,1H3. The molecule has 2 rings (SSSR count). The molecule has 17 heavy (non-hydrogen) atoms. The Morgan fingerprint density at radius 3 is 2.65 bits per heavy atom. The summed E-state index contributed by atoms with van der Waals surface area (Å²) in [5, 5.41) is 0. The van der Waals surface area contributed by atoms with Crippen LogP contribution in [0, 0.1) is 11.6 Å². The summed E-state index contributed by atoms with van der Waals surface area (Å²) in [6, 6.07) is 3.38. The van der Waals surface area contributed by atoms with Crippen LogP contribution in [0.15, 0.2) is 18.2 Å². The van der Waals surface area contributed by atoms with Crippen molar-refractivity contribution in [3.63, 3.8) is 0 Å². The van der Waals surface area contributed by atoms with Gasteiger partial charge in [0.2, 0.25) is 0 Å². The molecule has 0 saturated carbocycles. The minimum absolute atomic E-state index is 0.354. The van der Waals surface area contributed by atoms with Gasteiger partial charge in [-0.2, -0.15) is 0 Å². The van der Waals surface area contributed by atoms with E-state index in [-0.39, 0.29) is 0 Å². The Bertz CT molecular complexity index is 416. The van der Waals surface area contributed by atoms with Crippen molar-refractivity contribution in [3.05, 3.63) is 35.4 Å². The molecule has 92 valence electrons. The van der Waals surface area contributed by atoms with Crippen molar-refractivity contribution in [2.45, 2.75) is 6.10 Å². The summed E-state index contributed by atoms with van der Waals surface area (Å²) in [4.78, 5) is 13.8. The van der Waals surface area contributed by atoms with Crippen LogP contribution < -0.4 is 0 Å². The number of halogens is 2. The second-order valence-corrected chi connectivity index (χ2v) is 4.08. The van der Waals surface area contributed by atoms with Crippen molar-refractivity contribution in [1.82, 2.24) is 4.90 Å². The molecule has 5 heteroatoms. The van der Waals surface area contributed by atoms with Gasteiger partial charge in [-0.25, -0.2) is 8.78 Å². The van der Waals surface area contributed by atoms with Crippen LogP contribution in [0.4, 0.5) is 8.78 Å². The molecule has 1 heterocycles. The van der Waals surface area contributed by atoms with Crippen molar-refractivity contribution in [1.29, 1.82) is 0 Å². The highest BCUT2D eigenvalue weighted by Crippen LogP contribution is 2.17. The summed E-state index contributed by atoms with van der Waals surface area (Å²) in [6.07, 6.45) is -0.792. The van der Waals surface area contributed by atoms with Crippen molar-refractivity contribution >= 4 is 5.78 Å². The van der Waals surface area contributed by atoms with E-state index in [1.807, 2.05) is 11.9 Å². The number of ether oxygens (including phenoxy) is 1. The molecule has 0 aliphatic carbocycles. The zero-order chi connectivity index (χ0) is 12.4. The SMILES string of the molecule is CN1CCOC(C(=O)c2c(F)cccc2F)C1. The molecule has 0 bridgehead atoms. The molecule has 0 N–H and O–H groups in total. The Labute approximate surface area is 98.0 Å². The summed E-state index contributed by atoms with van der Waals surface area (Å²) in [5.74, 6) is -2.31. The smallest absolute Gasteiger partial charge is 0.198 e. The van der Waals surface area contributed by atoms with Gasteiger partial charge in [0.25, 0.3) is 0 Å². The van der Waals surface area contributed by atoms with Crippen LogP contribution in [0.25, 0.3) is 0 Å². The van der Waals surface area contributed by atoms with E-state index in [4.69, 9.17) is 4.74 Å². The molecule has 0 aromatic heterocycles. The average molecular weight is 241 g/mol. The molecule has 1 saturated heterocycles. The lowest BCUT2D eigenvalue weighted by Gasteiger charge is -2.29. The molecule has 1 atom stereocenters. The Kier molecular flexibility index (Phi) is 3.49. The fraction of sp³-hybridized carbons (Fsp3) is 0.417. The van der Waals surface area contributed by atoms with Crippen LogP contribution >= 0.6 is 0 Å². The normalized spacial score (nSPS) is 21.5. The maximum Gasteiger partial charge on any atom is 0.198 e. The number of nitrogens with zero attached hydrogens (tertiary/aromatic N) is 1. The zero-order valence-electron chi connectivity index (χ0n) is 9.45. The molecule has 0 amide bonds. The number of Topliss-reactive ketones (excluding diaryl/α,β-unsaturated/α-hetero) is 1. The number of morpholine rings is 1. The zero-order valence-corrected chi connectivity index (χ0v) is 9.45. The highest BCUT2D eigenvalue weighted by Gasteiger charge is 2.29. The quantitative estimate of drug-likeness (QED) is 0.734. The van der Waals surface area contributed by atoms with E-state index in [0.29, 0.717) is 19.7 Å². The predicted octanol–water partition coefficient (Wildman–Crippen LogP) is 1.48. The van der Waals surface area contributed by atoms with Crippen molar-refractivity contribution in [3.8, 4) is 0 Å². The summed E-state index contributed by atoms with van der Waals surface area (Å²) >= 11 is 0. The molecule has 1 aliphatic heterocycles. The third-order valence-corrected chi connectivity index (χ3v) is 2.77. The van der Waals surface area contributed by atoms with Gasteiger partial charge in [0.05, 0.1) is 12.2 Å². The average Bonchev–Trinajstić information content (AvgIpc) is 2.28. The minimum Gasteiger partial charge on any atom is -0.367 e. The highest BCUT2D eigenvalue weighted by molar-refractivity contribution is 6.00. The third-order valence-electron chi connectivity index (χ3n) is 2.77. The van der Waals surface area contributed by atoms with Gasteiger partial charge >= 0.3 is 0 Å². The fourth-order valence-electron chi connectivity index (χ4n) is 1.83. The molecule has 0 radical (unpaired) electrons. The van der Waals surface area contributed by atoms with E-state index >= 15 is 0 Å². The largest absolute Gasteiger partial charge is 0.367 e. The lowest BCUT2D eigenvalue weighted by molar-refractivity contribution is -0.00905. The number of carbonyl (C=O) groups is 1. The van der Waals surface area contributed by atoms with Gasteiger partial charge in [-0.1, -0.05) is 6.07 Å². The number of hydrogen-bond donors (Lipinski definition) is 0. The number of carbonyl (C=O) groups excluding carboxylic acids is 1. The van der Waals surface area contributed by atoms with Gasteiger partial charge in [-0.15, -0.1) is 0 Å². The highest BCUT2D eigenvalue weighted by atomic mass is 19.1. The number of ketones is 1. The van der Waals surface area contributed by atoms with Crippen molar-refractivity contribution in [2.24, 2.45) is 0 Å². The summed E-state index contributed by atoms with van der Waals surface area (Å²) in [7, 11) is 1.83. The number of benzene rings is 1. The van der Waals surface area contributed by atoms with Crippen LogP contribution in [-0.4, -0.2) is 43.5 Å². The van der Waals surface area contributed by atoms with E-state index < -0.39 is 29.1 Å². The second kappa shape index (κ2) is 4.89. The predicted molar refractivity (Wildman–Crippen MR) is 57.9 cm³/mol. The lowest BCUT2D eigenvalue weighted by atomic mass is 10.0. The van der Waals surface area contributed by atoms with E-state index in [1.165, 1.54) is 6.07 Å². The maximum absolute atomic E-state index is 13.4. The van der Waals surface area contributed by atoms with Crippen LogP contribution in [0.1, 0.15) is 10.4 Å². The van der Waals surface area contributed by atoms with Gasteiger partial charge in [0.15, 0.2) is 5.78 Å². The summed E-state index contributed by atoms with van der Waals surface area (Å²) < 4.78 is 32.1. The Balaban J connectivity index is 2.24. The summed E-state index contributed by atoms with van der Waals surface area (Å²) in [6.45, 7) is 1.46. The van der Waals surface area contributed by atoms with E-state index in [2.05, 4.69) is 0 Å². The van der Waals surface area contributed by atoms with E-state index in [1.54, 1.807) is 0 Å². The van der Waals surface area contributed by atoms with Gasteiger partial charge in [-0.05, 0) is 19.2 Å². The van der Waals surface area contributed by atoms with Crippen molar-refractivity contribution in [2.75, 3.05) is 26.7 Å². The van der Waals surface area contributed by atoms with Crippen LogP contribution in [0.2, 0.25) is 0 Å². The molecule has 1 aromatic carbocycles. The first-order valence-corrected chi connectivity index (χ1v) is 5.38. The monoisotopic (exact) mass is 241 g/mol. The Hall–Kier alpha value is -1.33. The summed E-state index contributed by atoms with van der Waals surface area (Å²) in [5.41, 5.74) is -0.507. The van der Waals surface area contributed by atoms with E-state index in [9.17, 15) is 13.6 Å². The van der Waals surface area contributed by atoms with Gasteiger partial charge in [-0.3, -0.25) is 4.79 Å². The molecule has 1 aromatic rings. The minimum atomic E-state index is -0.841. The van der Waals surface area contributed by atoms with Crippen molar-refractivity contribution < 1.29 is 18.3 Å². The molecule has 1 aliphatic rings. The first-order valence-electron chi connectivity index (χ1n) is 5.38. The van der Waals surface area contributed by atoms with Crippen LogP contribution in [0.3, 0.4) is 0 Å².